The van der Waals surface area contributed by atoms with Crippen LogP contribution in [0.5, 0.6) is 0 Å². The molecule has 253 valence electrons. The van der Waals surface area contributed by atoms with Gasteiger partial charge in [0.1, 0.15) is 0 Å². The van der Waals surface area contributed by atoms with Crippen LogP contribution in [0.2, 0.25) is 0 Å². The normalized spacial score (nSPS) is 12.4. The predicted molar refractivity (Wildman–Crippen MR) is 196 cm³/mol. The molecule has 0 aromatic carbocycles. The minimum Gasteiger partial charge on any atom is -0.0654 e. The van der Waals surface area contributed by atoms with Crippen molar-refractivity contribution in [2.24, 2.45) is 5.92 Å². The molecule has 0 rings (SSSR count). The summed E-state index contributed by atoms with van der Waals surface area (Å²) in [7, 11) is 0. The Morgan fingerprint density at radius 2 is 0.452 bits per heavy atom. The molecule has 0 saturated heterocycles. The summed E-state index contributed by atoms with van der Waals surface area (Å²) in [5, 5.41) is 0. The average molecular weight is 590 g/mol. The number of rotatable bonds is 38. The Hall–Kier alpha value is 0. The van der Waals surface area contributed by atoms with Crippen molar-refractivity contribution < 1.29 is 0 Å². The van der Waals surface area contributed by atoms with Gasteiger partial charge in [0.25, 0.3) is 0 Å². The summed E-state index contributed by atoms with van der Waals surface area (Å²) in [6.07, 6.45) is 55.6. The van der Waals surface area contributed by atoms with E-state index < -0.39 is 0 Å². The van der Waals surface area contributed by atoms with Gasteiger partial charge in [-0.25, -0.2) is 0 Å². The van der Waals surface area contributed by atoms with E-state index in [-0.39, 0.29) is 0 Å². The molecule has 0 nitrogen and oxygen atoms in total. The predicted octanol–water partition coefficient (Wildman–Crippen LogP) is 16.3. The van der Waals surface area contributed by atoms with Crippen LogP contribution in [0, 0.1) is 12.8 Å². The molecular formula is C42H85. The largest absolute Gasteiger partial charge is 0.0654 e. The Morgan fingerprint density at radius 3 is 0.667 bits per heavy atom. The van der Waals surface area contributed by atoms with Crippen molar-refractivity contribution in [3.8, 4) is 0 Å². The van der Waals surface area contributed by atoms with Crippen molar-refractivity contribution >= 4 is 0 Å². The van der Waals surface area contributed by atoms with Gasteiger partial charge in [-0.1, -0.05) is 265 Å². The van der Waals surface area contributed by atoms with Gasteiger partial charge in [-0.3, -0.25) is 0 Å². The Labute approximate surface area is 270 Å². The van der Waals surface area contributed by atoms with Gasteiger partial charge in [-0.05, 0) is 5.92 Å². The van der Waals surface area contributed by atoms with E-state index in [0.29, 0.717) is 0 Å². The fourth-order valence-corrected chi connectivity index (χ4v) is 7.01. The first-order valence-corrected chi connectivity index (χ1v) is 20.6. The van der Waals surface area contributed by atoms with Crippen LogP contribution in [0.15, 0.2) is 0 Å². The van der Waals surface area contributed by atoms with Gasteiger partial charge in [0.05, 0.1) is 0 Å². The van der Waals surface area contributed by atoms with Crippen LogP contribution in [0.1, 0.15) is 258 Å². The van der Waals surface area contributed by atoms with E-state index in [4.69, 9.17) is 0 Å². The molecule has 0 aromatic rings. The van der Waals surface area contributed by atoms with E-state index in [9.17, 15) is 0 Å². The average Bonchev–Trinajstić information content (AvgIpc) is 3.00. The second kappa shape index (κ2) is 39.0. The Balaban J connectivity index is 3.51. The van der Waals surface area contributed by atoms with Crippen molar-refractivity contribution in [3.05, 3.63) is 6.92 Å². The fraction of sp³-hybridized carbons (Fsp3) is 0.976. The third-order valence-corrected chi connectivity index (χ3v) is 10.0. The van der Waals surface area contributed by atoms with E-state index in [1.807, 2.05) is 0 Å². The third-order valence-electron chi connectivity index (χ3n) is 10.0. The maximum Gasteiger partial charge on any atom is -0.0414 e. The maximum absolute atomic E-state index is 4.08. The second-order valence-corrected chi connectivity index (χ2v) is 14.4. The molecule has 0 aliphatic carbocycles. The van der Waals surface area contributed by atoms with E-state index in [0.717, 1.165) is 12.3 Å². The maximum atomic E-state index is 4.08. The first kappa shape index (κ1) is 42.0. The molecule has 0 aliphatic rings. The summed E-state index contributed by atoms with van der Waals surface area (Å²) in [5.74, 6) is 1.01. The minimum atomic E-state index is 1.01. The minimum absolute atomic E-state index is 1.01. The molecule has 0 spiro atoms. The zero-order chi connectivity index (χ0) is 30.4. The van der Waals surface area contributed by atoms with Gasteiger partial charge in [0.15, 0.2) is 0 Å². The third kappa shape index (κ3) is 36.2. The number of unbranched alkanes of at least 4 members (excludes halogenated alkanes) is 32. The molecule has 0 amide bonds. The van der Waals surface area contributed by atoms with E-state index in [2.05, 4.69) is 20.8 Å². The highest BCUT2D eigenvalue weighted by molar-refractivity contribution is 4.62. The number of hydrogen-bond donors (Lipinski definition) is 0. The molecule has 0 fully saturated rings. The first-order chi connectivity index (χ1) is 20.8. The van der Waals surface area contributed by atoms with Crippen LogP contribution in [-0.2, 0) is 0 Å². The van der Waals surface area contributed by atoms with Gasteiger partial charge in [-0.15, -0.1) is 0 Å². The molecule has 0 N–H and O–H groups in total. The summed E-state index contributed by atoms with van der Waals surface area (Å²) in [6.45, 7) is 8.70. The van der Waals surface area contributed by atoms with E-state index in [1.54, 1.807) is 0 Å². The SMILES string of the molecule is [CH2]CCCCC(CCCCCCCCCCCCCCCC)CCCCCCCCCCCCCCCCCCCC. The van der Waals surface area contributed by atoms with Crippen molar-refractivity contribution in [1.29, 1.82) is 0 Å². The number of hydrogen-bond acceptors (Lipinski definition) is 0. The summed E-state index contributed by atoms with van der Waals surface area (Å²) in [5.41, 5.74) is 0. The van der Waals surface area contributed by atoms with Crippen LogP contribution >= 0.6 is 0 Å². The lowest BCUT2D eigenvalue weighted by Crippen LogP contribution is -2.01. The van der Waals surface area contributed by atoms with Crippen LogP contribution < -0.4 is 0 Å². The lowest BCUT2D eigenvalue weighted by molar-refractivity contribution is 0.368. The van der Waals surface area contributed by atoms with Crippen molar-refractivity contribution in [3.63, 3.8) is 0 Å². The van der Waals surface area contributed by atoms with Crippen molar-refractivity contribution in [2.45, 2.75) is 258 Å². The molecule has 0 heterocycles. The monoisotopic (exact) mass is 590 g/mol. The molecule has 0 aromatic heterocycles. The summed E-state index contributed by atoms with van der Waals surface area (Å²) in [6, 6.07) is 0. The van der Waals surface area contributed by atoms with Crippen LogP contribution in [0.4, 0.5) is 0 Å². The summed E-state index contributed by atoms with van der Waals surface area (Å²) in [4.78, 5) is 0. The topological polar surface area (TPSA) is 0 Å². The molecular weight excluding hydrogens is 504 g/mol. The zero-order valence-electron chi connectivity index (χ0n) is 30.2. The lowest BCUT2D eigenvalue weighted by atomic mass is 9.89. The standard InChI is InChI=1S/C42H85/c1-4-7-10-12-14-16-18-20-22-23-24-25-27-29-31-33-35-38-41-42(39-36-9-6-3)40-37-34-32-30-28-26-21-19-17-15-13-11-8-5-2/h42H,3-41H2,1-2H3. The highest BCUT2D eigenvalue weighted by Gasteiger charge is 2.08. The van der Waals surface area contributed by atoms with Gasteiger partial charge in [0, 0.05) is 0 Å². The highest BCUT2D eigenvalue weighted by Crippen LogP contribution is 2.25. The van der Waals surface area contributed by atoms with E-state index in [1.165, 1.54) is 238 Å². The van der Waals surface area contributed by atoms with Crippen LogP contribution in [-0.4, -0.2) is 0 Å². The van der Waals surface area contributed by atoms with Crippen molar-refractivity contribution in [2.75, 3.05) is 0 Å². The molecule has 0 saturated carbocycles. The Bertz CT molecular complexity index is 439. The van der Waals surface area contributed by atoms with Crippen LogP contribution in [0.25, 0.3) is 0 Å². The molecule has 1 unspecified atom stereocenters. The smallest absolute Gasteiger partial charge is 0.0414 e. The highest BCUT2D eigenvalue weighted by atomic mass is 14.1. The zero-order valence-corrected chi connectivity index (χ0v) is 30.2. The molecule has 0 aliphatic heterocycles. The van der Waals surface area contributed by atoms with Gasteiger partial charge < -0.3 is 0 Å². The molecule has 0 heteroatoms. The van der Waals surface area contributed by atoms with Crippen molar-refractivity contribution in [1.82, 2.24) is 0 Å². The van der Waals surface area contributed by atoms with Gasteiger partial charge in [-0.2, -0.15) is 0 Å². The lowest BCUT2D eigenvalue weighted by Gasteiger charge is -2.17. The molecule has 42 heavy (non-hydrogen) atoms. The van der Waals surface area contributed by atoms with Gasteiger partial charge in [0.2, 0.25) is 0 Å². The summed E-state index contributed by atoms with van der Waals surface area (Å²) < 4.78 is 0. The van der Waals surface area contributed by atoms with Gasteiger partial charge >= 0.3 is 0 Å². The first-order valence-electron chi connectivity index (χ1n) is 20.6. The Kier molecular flexibility index (Phi) is 39.0. The Morgan fingerprint density at radius 1 is 0.262 bits per heavy atom. The quantitative estimate of drug-likeness (QED) is 0.0628. The fourth-order valence-electron chi connectivity index (χ4n) is 7.01. The van der Waals surface area contributed by atoms with Crippen LogP contribution in [0.3, 0.4) is 0 Å². The molecule has 1 atom stereocenters. The molecule has 1 radical (unpaired) electrons. The van der Waals surface area contributed by atoms with E-state index >= 15 is 0 Å². The summed E-state index contributed by atoms with van der Waals surface area (Å²) >= 11 is 0. The molecule has 0 bridgehead atoms. The second-order valence-electron chi connectivity index (χ2n) is 14.4.